The van der Waals surface area contributed by atoms with Gasteiger partial charge >= 0.3 is 12.3 Å². The molecule has 2 unspecified atom stereocenters. The van der Waals surface area contributed by atoms with Gasteiger partial charge in [0.1, 0.15) is 13.2 Å². The molecule has 1 fully saturated rings. The van der Waals surface area contributed by atoms with Crippen molar-refractivity contribution >= 4 is 22.8 Å². The molecule has 1 aliphatic heterocycles. The van der Waals surface area contributed by atoms with E-state index in [-0.39, 0.29) is 48.5 Å². The lowest BCUT2D eigenvalue weighted by molar-refractivity contribution is -0.137. The first-order valence-electron chi connectivity index (χ1n) is 12.5. The van der Waals surface area contributed by atoms with Gasteiger partial charge in [-0.25, -0.2) is 9.48 Å². The number of benzene rings is 2. The average molecular weight is 547 g/mol. The van der Waals surface area contributed by atoms with Gasteiger partial charge in [-0.3, -0.25) is 9.59 Å². The Hall–Kier alpha value is -3.93. The fourth-order valence-electron chi connectivity index (χ4n) is 4.47. The minimum Gasteiger partial charge on any atom is -0.445 e. The lowest BCUT2D eigenvalue weighted by atomic mass is 10.0. The summed E-state index contributed by atoms with van der Waals surface area (Å²) in [5.74, 6) is -0.976. The molecule has 1 aliphatic rings. The number of aromatic nitrogens is 2. The SMILES string of the molecule is CC(C)c1nn(CC(=O)NC2CN(C(=O)OCc3ccccc3)CCC2O)c(=O)c2ccc(C(F)(F)F)cc12. The van der Waals surface area contributed by atoms with E-state index in [0.29, 0.717) is 0 Å². The highest BCUT2D eigenvalue weighted by Crippen LogP contribution is 2.32. The molecule has 2 aromatic carbocycles. The van der Waals surface area contributed by atoms with Crippen LogP contribution in [0.1, 0.15) is 43.0 Å². The highest BCUT2D eigenvalue weighted by atomic mass is 19.4. The smallest absolute Gasteiger partial charge is 0.416 e. The molecule has 0 saturated carbocycles. The van der Waals surface area contributed by atoms with Crippen LogP contribution in [0.5, 0.6) is 0 Å². The zero-order chi connectivity index (χ0) is 28.3. The van der Waals surface area contributed by atoms with Gasteiger partial charge in [-0.1, -0.05) is 44.2 Å². The molecule has 1 aromatic heterocycles. The van der Waals surface area contributed by atoms with Crippen molar-refractivity contribution in [3.63, 3.8) is 0 Å². The first-order valence-corrected chi connectivity index (χ1v) is 12.5. The monoisotopic (exact) mass is 546 g/mol. The van der Waals surface area contributed by atoms with Gasteiger partial charge in [0.05, 0.1) is 28.8 Å². The number of alkyl halides is 3. The quantitative estimate of drug-likeness (QED) is 0.490. The summed E-state index contributed by atoms with van der Waals surface area (Å²) in [4.78, 5) is 39.8. The van der Waals surface area contributed by atoms with Gasteiger partial charge in [0.15, 0.2) is 0 Å². The van der Waals surface area contributed by atoms with Crippen LogP contribution in [0.2, 0.25) is 0 Å². The van der Waals surface area contributed by atoms with Gasteiger partial charge in [0.25, 0.3) is 5.56 Å². The molecule has 39 heavy (non-hydrogen) atoms. The van der Waals surface area contributed by atoms with Crippen molar-refractivity contribution in [2.45, 2.75) is 57.7 Å². The number of amides is 2. The van der Waals surface area contributed by atoms with Gasteiger partial charge in [-0.15, -0.1) is 0 Å². The molecule has 9 nitrogen and oxygen atoms in total. The Morgan fingerprint density at radius 3 is 2.54 bits per heavy atom. The molecule has 0 radical (unpaired) electrons. The molecule has 2 atom stereocenters. The summed E-state index contributed by atoms with van der Waals surface area (Å²) < 4.78 is 46.0. The Balaban J connectivity index is 1.47. The number of hydrogen-bond donors (Lipinski definition) is 2. The number of likely N-dealkylation sites (tertiary alicyclic amines) is 1. The predicted molar refractivity (Wildman–Crippen MR) is 136 cm³/mol. The zero-order valence-electron chi connectivity index (χ0n) is 21.4. The lowest BCUT2D eigenvalue weighted by Crippen LogP contribution is -2.57. The predicted octanol–water partition coefficient (Wildman–Crippen LogP) is 3.43. The van der Waals surface area contributed by atoms with Crippen molar-refractivity contribution in [2.75, 3.05) is 13.1 Å². The average Bonchev–Trinajstić information content (AvgIpc) is 2.89. The highest BCUT2D eigenvalue weighted by molar-refractivity contribution is 5.85. The minimum atomic E-state index is -4.58. The molecule has 0 aliphatic carbocycles. The molecule has 12 heteroatoms. The zero-order valence-corrected chi connectivity index (χ0v) is 21.4. The van der Waals surface area contributed by atoms with Crippen molar-refractivity contribution in [3.8, 4) is 0 Å². The van der Waals surface area contributed by atoms with Gasteiger partial charge in [-0.05, 0) is 36.1 Å². The standard InChI is InChI=1S/C27H29F3N4O5/c1-16(2)24-20-12-18(27(28,29)30)8-9-19(20)25(37)34(32-24)14-23(36)31-21-13-33(11-10-22(21)35)26(38)39-15-17-6-4-3-5-7-17/h3-9,12,16,21-22,35H,10-11,13-15H2,1-2H3,(H,31,36). The molecule has 2 heterocycles. The van der Waals surface area contributed by atoms with E-state index in [1.807, 2.05) is 30.3 Å². The van der Waals surface area contributed by atoms with E-state index in [9.17, 15) is 32.7 Å². The summed E-state index contributed by atoms with van der Waals surface area (Å²) in [6.07, 6.45) is -5.89. The lowest BCUT2D eigenvalue weighted by Gasteiger charge is -2.35. The number of carbonyl (C=O) groups is 2. The number of carbonyl (C=O) groups excluding carboxylic acids is 2. The van der Waals surface area contributed by atoms with E-state index in [0.717, 1.165) is 28.4 Å². The maximum atomic E-state index is 13.2. The van der Waals surface area contributed by atoms with Gasteiger partial charge in [0.2, 0.25) is 5.91 Å². The number of fused-ring (bicyclic) bond motifs is 1. The van der Waals surface area contributed by atoms with Crippen molar-refractivity contribution in [2.24, 2.45) is 0 Å². The van der Waals surface area contributed by atoms with Crippen LogP contribution in [0.15, 0.2) is 53.3 Å². The molecular weight excluding hydrogens is 517 g/mol. The maximum absolute atomic E-state index is 13.2. The van der Waals surface area contributed by atoms with Crippen molar-refractivity contribution < 1.29 is 32.6 Å². The van der Waals surface area contributed by atoms with Crippen LogP contribution in [0.25, 0.3) is 10.8 Å². The van der Waals surface area contributed by atoms with Gasteiger partial charge < -0.3 is 20.1 Å². The topological polar surface area (TPSA) is 114 Å². The van der Waals surface area contributed by atoms with Crippen molar-refractivity contribution in [1.29, 1.82) is 0 Å². The number of ether oxygens (including phenoxy) is 1. The van der Waals surface area contributed by atoms with E-state index < -0.39 is 48.0 Å². The molecule has 4 rings (SSSR count). The maximum Gasteiger partial charge on any atom is 0.416 e. The number of rotatable bonds is 6. The van der Waals surface area contributed by atoms with E-state index in [2.05, 4.69) is 10.4 Å². The molecular formula is C27H29F3N4O5. The van der Waals surface area contributed by atoms with Crippen LogP contribution in [-0.4, -0.2) is 57.0 Å². The molecule has 2 N–H and O–H groups in total. The Bertz CT molecular complexity index is 1410. The number of piperidine rings is 1. The number of nitrogens with zero attached hydrogens (tertiary/aromatic N) is 3. The molecule has 3 aromatic rings. The number of aliphatic hydroxyl groups excluding tert-OH is 1. The third-order valence-electron chi connectivity index (χ3n) is 6.54. The van der Waals surface area contributed by atoms with Crippen molar-refractivity contribution in [3.05, 3.63) is 75.7 Å². The Labute approximate surface area is 222 Å². The normalized spacial score (nSPS) is 17.9. The summed E-state index contributed by atoms with van der Waals surface area (Å²) in [5, 5.41) is 17.4. The Morgan fingerprint density at radius 1 is 1.15 bits per heavy atom. The second-order valence-electron chi connectivity index (χ2n) is 9.78. The fourth-order valence-corrected chi connectivity index (χ4v) is 4.47. The van der Waals surface area contributed by atoms with Crippen LogP contribution in [0.4, 0.5) is 18.0 Å². The molecule has 208 valence electrons. The number of aliphatic hydroxyl groups is 1. The number of hydrogen-bond acceptors (Lipinski definition) is 6. The molecule has 0 bridgehead atoms. The number of halogens is 3. The van der Waals surface area contributed by atoms with Gasteiger partial charge in [-0.2, -0.15) is 18.3 Å². The van der Waals surface area contributed by atoms with Crippen LogP contribution in [0.3, 0.4) is 0 Å². The van der Waals surface area contributed by atoms with E-state index in [4.69, 9.17) is 4.74 Å². The first-order chi connectivity index (χ1) is 18.4. The number of nitrogens with one attached hydrogen (secondary N) is 1. The van der Waals surface area contributed by atoms with Crippen LogP contribution < -0.4 is 10.9 Å². The summed E-state index contributed by atoms with van der Waals surface area (Å²) >= 11 is 0. The Morgan fingerprint density at radius 2 is 1.87 bits per heavy atom. The third kappa shape index (κ3) is 6.56. The highest BCUT2D eigenvalue weighted by Gasteiger charge is 2.33. The van der Waals surface area contributed by atoms with Crippen LogP contribution in [-0.2, 0) is 28.9 Å². The fraction of sp³-hybridized carbons (Fsp3) is 0.407. The Kier molecular flexibility index (Phi) is 8.24. The van der Waals surface area contributed by atoms with Crippen LogP contribution >= 0.6 is 0 Å². The second kappa shape index (κ2) is 11.4. The minimum absolute atomic E-state index is 0.00194. The summed E-state index contributed by atoms with van der Waals surface area (Å²) in [7, 11) is 0. The van der Waals surface area contributed by atoms with Crippen LogP contribution in [0, 0.1) is 0 Å². The van der Waals surface area contributed by atoms with E-state index >= 15 is 0 Å². The largest absolute Gasteiger partial charge is 0.445 e. The molecule has 2 amide bonds. The first kappa shape index (κ1) is 28.1. The van der Waals surface area contributed by atoms with E-state index in [1.54, 1.807) is 13.8 Å². The van der Waals surface area contributed by atoms with E-state index in [1.165, 1.54) is 4.90 Å². The summed E-state index contributed by atoms with van der Waals surface area (Å²) in [6, 6.07) is 11.1. The van der Waals surface area contributed by atoms with Gasteiger partial charge in [0, 0.05) is 18.5 Å². The van der Waals surface area contributed by atoms with Crippen molar-refractivity contribution in [1.82, 2.24) is 20.0 Å². The second-order valence-corrected chi connectivity index (χ2v) is 9.78. The molecule has 0 spiro atoms. The molecule has 1 saturated heterocycles. The third-order valence-corrected chi connectivity index (χ3v) is 6.54. The summed E-state index contributed by atoms with van der Waals surface area (Å²) in [6.45, 7) is 3.25. The summed E-state index contributed by atoms with van der Waals surface area (Å²) in [5.41, 5.74) is -0.551.